The predicted octanol–water partition coefficient (Wildman–Crippen LogP) is 3.85. The molecule has 1 rings (SSSR count). The molecule has 0 aliphatic heterocycles. The van der Waals surface area contributed by atoms with Gasteiger partial charge in [0, 0.05) is 20.1 Å². The molecule has 0 aromatic heterocycles. The second kappa shape index (κ2) is 12.3. The Labute approximate surface area is 158 Å². The number of benzene rings is 1. The van der Waals surface area contributed by atoms with Gasteiger partial charge in [0.05, 0.1) is 6.61 Å². The summed E-state index contributed by atoms with van der Waals surface area (Å²) in [4.78, 5) is 4.12. The summed E-state index contributed by atoms with van der Waals surface area (Å²) in [5.74, 6) is 0.732. The van der Waals surface area contributed by atoms with E-state index < -0.39 is 12.8 Å². The van der Waals surface area contributed by atoms with Crippen molar-refractivity contribution in [1.29, 1.82) is 0 Å². The van der Waals surface area contributed by atoms with Crippen LogP contribution in [0, 0.1) is 0 Å². The average Bonchev–Trinajstić information content (AvgIpc) is 2.51. The van der Waals surface area contributed by atoms with Crippen LogP contribution in [0.3, 0.4) is 0 Å². The molecule has 1 aromatic carbocycles. The Morgan fingerprint density at radius 2 is 1.75 bits per heavy atom. The van der Waals surface area contributed by atoms with Crippen LogP contribution in [0.25, 0.3) is 0 Å². The predicted molar refractivity (Wildman–Crippen MR) is 101 cm³/mol. The standard InChI is InChI=1S/C16H24F3N3O.HI/c1-3-4-9-21-15(20-2)22-10-13-5-7-14(8-6-13)11-23-12-16(17,18)19;/h5-8H,3-4,9-12H2,1-2H3,(H2,20,21,22);1H. The van der Waals surface area contributed by atoms with Crippen LogP contribution in [0.15, 0.2) is 29.3 Å². The van der Waals surface area contributed by atoms with E-state index in [-0.39, 0.29) is 30.6 Å². The third-order valence-electron chi connectivity index (χ3n) is 3.06. The van der Waals surface area contributed by atoms with Crippen molar-refractivity contribution in [3.63, 3.8) is 0 Å². The Bertz CT molecular complexity index is 478. The molecule has 138 valence electrons. The zero-order chi connectivity index (χ0) is 17.1. The van der Waals surface area contributed by atoms with Crippen LogP contribution in [0.4, 0.5) is 13.2 Å². The molecular formula is C16H25F3IN3O. The fourth-order valence-electron chi connectivity index (χ4n) is 1.83. The molecule has 0 aliphatic rings. The van der Waals surface area contributed by atoms with Gasteiger partial charge < -0.3 is 15.4 Å². The lowest BCUT2D eigenvalue weighted by Crippen LogP contribution is -2.37. The van der Waals surface area contributed by atoms with Crippen LogP contribution in [0.5, 0.6) is 0 Å². The molecule has 0 amide bonds. The van der Waals surface area contributed by atoms with Gasteiger partial charge in [-0.05, 0) is 17.5 Å². The van der Waals surface area contributed by atoms with Gasteiger partial charge in [-0.3, -0.25) is 4.99 Å². The summed E-state index contributed by atoms with van der Waals surface area (Å²) in [5, 5.41) is 6.39. The number of guanidine groups is 1. The normalized spacial score (nSPS) is 11.8. The van der Waals surface area contributed by atoms with Gasteiger partial charge in [0.1, 0.15) is 6.61 Å². The first-order chi connectivity index (χ1) is 10.9. The second-order valence-electron chi connectivity index (χ2n) is 5.13. The van der Waals surface area contributed by atoms with E-state index in [1.807, 2.05) is 12.1 Å². The van der Waals surface area contributed by atoms with Crippen molar-refractivity contribution in [3.05, 3.63) is 35.4 Å². The topological polar surface area (TPSA) is 45.7 Å². The Kier molecular flexibility index (Phi) is 11.8. The average molecular weight is 459 g/mol. The zero-order valence-corrected chi connectivity index (χ0v) is 16.3. The Morgan fingerprint density at radius 3 is 2.29 bits per heavy atom. The maximum Gasteiger partial charge on any atom is 0.411 e. The highest BCUT2D eigenvalue weighted by Gasteiger charge is 2.27. The number of alkyl halides is 3. The van der Waals surface area contributed by atoms with Crippen molar-refractivity contribution in [2.24, 2.45) is 4.99 Å². The van der Waals surface area contributed by atoms with Gasteiger partial charge in [-0.2, -0.15) is 13.2 Å². The molecule has 0 unspecified atom stereocenters. The van der Waals surface area contributed by atoms with Gasteiger partial charge in [0.25, 0.3) is 0 Å². The van der Waals surface area contributed by atoms with Crippen LogP contribution in [-0.4, -0.2) is 32.3 Å². The summed E-state index contributed by atoms with van der Waals surface area (Å²) < 4.78 is 40.6. The Morgan fingerprint density at radius 1 is 1.12 bits per heavy atom. The minimum absolute atomic E-state index is 0. The monoisotopic (exact) mass is 459 g/mol. The van der Waals surface area contributed by atoms with Gasteiger partial charge in [0.15, 0.2) is 5.96 Å². The van der Waals surface area contributed by atoms with Gasteiger partial charge in [0.2, 0.25) is 0 Å². The minimum atomic E-state index is -4.29. The zero-order valence-electron chi connectivity index (χ0n) is 13.9. The number of nitrogens with zero attached hydrogens (tertiary/aromatic N) is 1. The van der Waals surface area contributed by atoms with Crippen LogP contribution in [-0.2, 0) is 17.9 Å². The van der Waals surface area contributed by atoms with Gasteiger partial charge >= 0.3 is 6.18 Å². The van der Waals surface area contributed by atoms with Crippen LogP contribution in [0.2, 0.25) is 0 Å². The van der Waals surface area contributed by atoms with E-state index in [4.69, 9.17) is 0 Å². The first-order valence-electron chi connectivity index (χ1n) is 7.61. The van der Waals surface area contributed by atoms with Gasteiger partial charge in [-0.25, -0.2) is 0 Å². The molecule has 0 radical (unpaired) electrons. The minimum Gasteiger partial charge on any atom is -0.367 e. The van der Waals surface area contributed by atoms with Crippen molar-refractivity contribution < 1.29 is 17.9 Å². The van der Waals surface area contributed by atoms with Gasteiger partial charge in [-0.1, -0.05) is 37.6 Å². The highest BCUT2D eigenvalue weighted by Crippen LogP contribution is 2.15. The van der Waals surface area contributed by atoms with Crippen molar-refractivity contribution in [1.82, 2.24) is 10.6 Å². The van der Waals surface area contributed by atoms with E-state index in [1.165, 1.54) is 0 Å². The summed E-state index contributed by atoms with van der Waals surface area (Å²) in [6.07, 6.45) is -2.10. The molecule has 0 bridgehead atoms. The summed E-state index contributed by atoms with van der Waals surface area (Å²) in [5.41, 5.74) is 1.73. The Balaban J connectivity index is 0.00000529. The van der Waals surface area contributed by atoms with Crippen LogP contribution in [0.1, 0.15) is 30.9 Å². The fraction of sp³-hybridized carbons (Fsp3) is 0.562. The highest BCUT2D eigenvalue weighted by molar-refractivity contribution is 14.0. The molecule has 0 atom stereocenters. The van der Waals surface area contributed by atoms with Crippen molar-refractivity contribution >= 4 is 29.9 Å². The third kappa shape index (κ3) is 10.7. The number of halogens is 4. The molecule has 8 heteroatoms. The number of hydrogen-bond acceptors (Lipinski definition) is 2. The van der Waals surface area contributed by atoms with Crippen molar-refractivity contribution in [2.75, 3.05) is 20.2 Å². The smallest absolute Gasteiger partial charge is 0.367 e. The molecule has 4 nitrogen and oxygen atoms in total. The number of aliphatic imine (C=N–C) groups is 1. The summed E-state index contributed by atoms with van der Waals surface area (Å²) in [6.45, 7) is 2.31. The van der Waals surface area contributed by atoms with E-state index in [9.17, 15) is 13.2 Å². The summed E-state index contributed by atoms with van der Waals surface area (Å²) in [6, 6.07) is 7.25. The quantitative estimate of drug-likeness (QED) is 0.269. The number of nitrogens with one attached hydrogen (secondary N) is 2. The van der Waals surface area contributed by atoms with Crippen LogP contribution < -0.4 is 10.6 Å². The lowest BCUT2D eigenvalue weighted by atomic mass is 10.1. The molecule has 0 heterocycles. The maximum absolute atomic E-state index is 12.0. The molecule has 0 fully saturated rings. The molecule has 0 saturated carbocycles. The summed E-state index contributed by atoms with van der Waals surface area (Å²) >= 11 is 0. The number of rotatable bonds is 8. The molecular weight excluding hydrogens is 434 g/mol. The molecule has 24 heavy (non-hydrogen) atoms. The van der Waals surface area contributed by atoms with E-state index in [2.05, 4.69) is 27.3 Å². The molecule has 2 N–H and O–H groups in total. The largest absolute Gasteiger partial charge is 0.411 e. The second-order valence-corrected chi connectivity index (χ2v) is 5.13. The molecule has 0 saturated heterocycles. The van der Waals surface area contributed by atoms with E-state index in [1.54, 1.807) is 19.2 Å². The van der Waals surface area contributed by atoms with E-state index in [0.29, 0.717) is 12.1 Å². The van der Waals surface area contributed by atoms with Crippen molar-refractivity contribution in [3.8, 4) is 0 Å². The van der Waals surface area contributed by atoms with E-state index >= 15 is 0 Å². The fourth-order valence-corrected chi connectivity index (χ4v) is 1.83. The Hall–Kier alpha value is -1.03. The number of ether oxygens (including phenoxy) is 1. The molecule has 0 spiro atoms. The molecule has 1 aromatic rings. The van der Waals surface area contributed by atoms with Crippen LogP contribution >= 0.6 is 24.0 Å². The third-order valence-corrected chi connectivity index (χ3v) is 3.06. The SMILES string of the molecule is CCCCNC(=NC)NCc1ccc(COCC(F)(F)F)cc1.I. The molecule has 0 aliphatic carbocycles. The first-order valence-corrected chi connectivity index (χ1v) is 7.61. The lowest BCUT2D eigenvalue weighted by Gasteiger charge is -2.12. The van der Waals surface area contributed by atoms with Gasteiger partial charge in [-0.15, -0.1) is 24.0 Å². The number of hydrogen-bond donors (Lipinski definition) is 2. The maximum atomic E-state index is 12.0. The van der Waals surface area contributed by atoms with Crippen molar-refractivity contribution in [2.45, 2.75) is 39.1 Å². The highest BCUT2D eigenvalue weighted by atomic mass is 127. The number of unbranched alkanes of at least 4 members (excludes halogenated alkanes) is 1. The summed E-state index contributed by atoms with van der Waals surface area (Å²) in [7, 11) is 1.71. The lowest BCUT2D eigenvalue weighted by molar-refractivity contribution is -0.176. The van der Waals surface area contributed by atoms with E-state index in [0.717, 1.165) is 30.9 Å². The first kappa shape index (κ1) is 23.0.